The minimum atomic E-state index is 0.381. The van der Waals surface area contributed by atoms with Gasteiger partial charge in [-0.15, -0.1) is 0 Å². The second kappa shape index (κ2) is 5.50. The minimum absolute atomic E-state index is 0.381. The lowest BCUT2D eigenvalue weighted by Gasteiger charge is -2.12. The van der Waals surface area contributed by atoms with Gasteiger partial charge in [-0.2, -0.15) is 0 Å². The van der Waals surface area contributed by atoms with Crippen LogP contribution in [0.2, 0.25) is 0 Å². The first kappa shape index (κ1) is 13.5. The van der Waals surface area contributed by atoms with Crippen molar-refractivity contribution in [2.75, 3.05) is 5.32 Å². The lowest BCUT2D eigenvalue weighted by Crippen LogP contribution is -2.12. The predicted octanol–water partition coefficient (Wildman–Crippen LogP) is 3.92. The zero-order valence-electron chi connectivity index (χ0n) is 11.6. The lowest BCUT2D eigenvalue weighted by molar-refractivity contribution is 1.38. The fourth-order valence-electron chi connectivity index (χ4n) is 2.27. The normalized spacial score (nSPS) is 10.5. The number of fused-ring (bicyclic) bond motifs is 1. The largest absolute Gasteiger partial charge is 0.389 e. The summed E-state index contributed by atoms with van der Waals surface area (Å²) < 4.78 is 0. The van der Waals surface area contributed by atoms with Gasteiger partial charge in [0.2, 0.25) is 0 Å². The summed E-state index contributed by atoms with van der Waals surface area (Å²) in [6, 6.07) is 16.0. The molecule has 3 aromatic rings. The van der Waals surface area contributed by atoms with Crippen LogP contribution in [0.4, 0.5) is 11.4 Å². The summed E-state index contributed by atoms with van der Waals surface area (Å²) >= 11 is 5.11. The van der Waals surface area contributed by atoms with E-state index in [0.29, 0.717) is 4.99 Å². The SMILES string of the molecule is Cc1ccc(C(N)=S)c(Nc2cnc3ccccc3c2)c1. The molecule has 0 spiro atoms. The Morgan fingerprint density at radius 3 is 2.76 bits per heavy atom. The number of aromatic nitrogens is 1. The number of rotatable bonds is 3. The molecule has 0 saturated carbocycles. The zero-order valence-corrected chi connectivity index (χ0v) is 12.4. The van der Waals surface area contributed by atoms with Gasteiger partial charge in [0.15, 0.2) is 0 Å². The second-order valence-corrected chi connectivity index (χ2v) is 5.39. The van der Waals surface area contributed by atoms with E-state index in [1.54, 1.807) is 0 Å². The van der Waals surface area contributed by atoms with Crippen LogP contribution in [0.25, 0.3) is 10.9 Å². The number of thiocarbonyl (C=S) groups is 1. The van der Waals surface area contributed by atoms with E-state index in [1.165, 1.54) is 0 Å². The predicted molar refractivity (Wildman–Crippen MR) is 92.1 cm³/mol. The Balaban J connectivity index is 2.02. The summed E-state index contributed by atoms with van der Waals surface area (Å²) in [6.45, 7) is 2.03. The Labute approximate surface area is 128 Å². The van der Waals surface area contributed by atoms with Crippen molar-refractivity contribution >= 4 is 39.5 Å². The minimum Gasteiger partial charge on any atom is -0.389 e. The van der Waals surface area contributed by atoms with Crippen molar-refractivity contribution in [1.29, 1.82) is 0 Å². The molecule has 0 radical (unpaired) electrons. The van der Waals surface area contributed by atoms with Gasteiger partial charge in [-0.25, -0.2) is 0 Å². The molecule has 0 saturated heterocycles. The number of aryl methyl sites for hydroxylation is 1. The van der Waals surface area contributed by atoms with Crippen LogP contribution in [0.5, 0.6) is 0 Å². The average molecular weight is 293 g/mol. The van der Waals surface area contributed by atoms with E-state index in [2.05, 4.69) is 16.4 Å². The van der Waals surface area contributed by atoms with E-state index in [1.807, 2.05) is 55.6 Å². The van der Waals surface area contributed by atoms with Crippen molar-refractivity contribution in [3.05, 3.63) is 65.9 Å². The molecule has 3 N–H and O–H groups in total. The van der Waals surface area contributed by atoms with Crippen LogP contribution in [-0.4, -0.2) is 9.97 Å². The molecular formula is C17H15N3S. The van der Waals surface area contributed by atoms with Gasteiger partial charge in [-0.05, 0) is 36.8 Å². The van der Waals surface area contributed by atoms with E-state index in [4.69, 9.17) is 18.0 Å². The lowest BCUT2D eigenvalue weighted by atomic mass is 10.1. The molecule has 3 nitrogen and oxygen atoms in total. The summed E-state index contributed by atoms with van der Waals surface area (Å²) in [6.07, 6.45) is 1.81. The third-order valence-electron chi connectivity index (χ3n) is 3.31. The number of anilines is 2. The highest BCUT2D eigenvalue weighted by Crippen LogP contribution is 2.24. The van der Waals surface area contributed by atoms with Gasteiger partial charge in [-0.1, -0.05) is 36.5 Å². The maximum atomic E-state index is 5.78. The van der Waals surface area contributed by atoms with Gasteiger partial charge in [0.05, 0.1) is 17.4 Å². The Morgan fingerprint density at radius 1 is 1.14 bits per heavy atom. The fraction of sp³-hybridized carbons (Fsp3) is 0.0588. The van der Waals surface area contributed by atoms with Crippen molar-refractivity contribution in [2.45, 2.75) is 6.92 Å². The number of hydrogen-bond acceptors (Lipinski definition) is 3. The molecule has 21 heavy (non-hydrogen) atoms. The van der Waals surface area contributed by atoms with Crippen LogP contribution >= 0.6 is 12.2 Å². The summed E-state index contributed by atoms with van der Waals surface area (Å²) in [5, 5.41) is 4.45. The molecule has 0 aliphatic carbocycles. The summed E-state index contributed by atoms with van der Waals surface area (Å²) in [5.41, 5.74) is 10.6. The highest BCUT2D eigenvalue weighted by Gasteiger charge is 2.06. The van der Waals surface area contributed by atoms with Gasteiger partial charge in [0.25, 0.3) is 0 Å². The molecule has 0 bridgehead atoms. The summed E-state index contributed by atoms with van der Waals surface area (Å²) in [4.78, 5) is 4.83. The number of benzene rings is 2. The standard InChI is InChI=1S/C17H15N3S/c1-11-6-7-14(17(18)21)16(8-11)20-13-9-12-4-2-3-5-15(12)19-10-13/h2-10,20H,1H3,(H2,18,21). The smallest absolute Gasteiger partial charge is 0.106 e. The fourth-order valence-corrected chi connectivity index (χ4v) is 2.45. The molecule has 0 amide bonds. The van der Waals surface area contributed by atoms with Crippen LogP contribution in [0.3, 0.4) is 0 Å². The van der Waals surface area contributed by atoms with E-state index in [9.17, 15) is 0 Å². The third-order valence-corrected chi connectivity index (χ3v) is 3.53. The van der Waals surface area contributed by atoms with Gasteiger partial charge < -0.3 is 11.1 Å². The molecule has 3 rings (SSSR count). The Hall–Kier alpha value is -2.46. The Kier molecular flexibility index (Phi) is 3.54. The van der Waals surface area contributed by atoms with Gasteiger partial charge in [0, 0.05) is 16.6 Å². The number of nitrogens with two attached hydrogens (primary N) is 1. The monoisotopic (exact) mass is 293 g/mol. The number of nitrogens with one attached hydrogen (secondary N) is 1. The maximum absolute atomic E-state index is 5.78. The van der Waals surface area contributed by atoms with Gasteiger partial charge >= 0.3 is 0 Å². The molecule has 0 unspecified atom stereocenters. The van der Waals surface area contributed by atoms with Crippen molar-refractivity contribution in [3.8, 4) is 0 Å². The first-order valence-electron chi connectivity index (χ1n) is 6.66. The summed E-state index contributed by atoms with van der Waals surface area (Å²) in [7, 11) is 0. The van der Waals surface area contributed by atoms with Crippen molar-refractivity contribution in [2.24, 2.45) is 5.73 Å². The Bertz CT molecular complexity index is 827. The van der Waals surface area contributed by atoms with Crippen molar-refractivity contribution in [1.82, 2.24) is 4.98 Å². The average Bonchev–Trinajstić information content (AvgIpc) is 2.47. The second-order valence-electron chi connectivity index (χ2n) is 4.95. The van der Waals surface area contributed by atoms with E-state index < -0.39 is 0 Å². The molecule has 0 aliphatic heterocycles. The molecular weight excluding hydrogens is 278 g/mol. The van der Waals surface area contributed by atoms with Crippen LogP contribution in [0, 0.1) is 6.92 Å². The first-order chi connectivity index (χ1) is 10.1. The van der Waals surface area contributed by atoms with Crippen LogP contribution < -0.4 is 11.1 Å². The highest BCUT2D eigenvalue weighted by molar-refractivity contribution is 7.80. The third kappa shape index (κ3) is 2.85. The number of hydrogen-bond donors (Lipinski definition) is 2. The van der Waals surface area contributed by atoms with E-state index in [0.717, 1.165) is 33.4 Å². The highest BCUT2D eigenvalue weighted by atomic mass is 32.1. The molecule has 1 aromatic heterocycles. The molecule has 2 aromatic carbocycles. The molecule has 1 heterocycles. The summed E-state index contributed by atoms with van der Waals surface area (Å²) in [5.74, 6) is 0. The topological polar surface area (TPSA) is 50.9 Å². The number of nitrogens with zero attached hydrogens (tertiary/aromatic N) is 1. The maximum Gasteiger partial charge on any atom is 0.106 e. The van der Waals surface area contributed by atoms with Gasteiger partial charge in [0.1, 0.15) is 4.99 Å². The zero-order chi connectivity index (χ0) is 14.8. The molecule has 0 atom stereocenters. The van der Waals surface area contributed by atoms with E-state index >= 15 is 0 Å². The van der Waals surface area contributed by atoms with Crippen LogP contribution in [0.1, 0.15) is 11.1 Å². The molecule has 0 fully saturated rings. The quantitative estimate of drug-likeness (QED) is 0.719. The number of para-hydroxylation sites is 1. The van der Waals surface area contributed by atoms with Gasteiger partial charge in [-0.3, -0.25) is 4.98 Å². The van der Waals surface area contributed by atoms with E-state index in [-0.39, 0.29) is 0 Å². The van der Waals surface area contributed by atoms with Crippen molar-refractivity contribution in [3.63, 3.8) is 0 Å². The molecule has 0 aliphatic rings. The molecule has 104 valence electrons. The Morgan fingerprint density at radius 2 is 1.95 bits per heavy atom. The number of pyridine rings is 1. The van der Waals surface area contributed by atoms with Crippen molar-refractivity contribution < 1.29 is 0 Å². The molecule has 4 heteroatoms. The van der Waals surface area contributed by atoms with Crippen LogP contribution in [-0.2, 0) is 0 Å². The van der Waals surface area contributed by atoms with Crippen LogP contribution in [0.15, 0.2) is 54.7 Å². The first-order valence-corrected chi connectivity index (χ1v) is 7.06.